The number of rotatable bonds is 4. The predicted octanol–water partition coefficient (Wildman–Crippen LogP) is 4.05. The fraction of sp³-hybridized carbons (Fsp3) is 0.318. The summed E-state index contributed by atoms with van der Waals surface area (Å²) in [6, 6.07) is 8.00. The quantitative estimate of drug-likeness (QED) is 0.596. The number of hydrogen-bond donors (Lipinski definition) is 0. The molecule has 0 N–H and O–H groups in total. The van der Waals surface area contributed by atoms with Gasteiger partial charge in [-0.05, 0) is 72.1 Å². The summed E-state index contributed by atoms with van der Waals surface area (Å²) >= 11 is 3.59. The topological polar surface area (TPSA) is 60.3 Å². The van der Waals surface area contributed by atoms with Gasteiger partial charge in [0.25, 0.3) is 5.91 Å². The van der Waals surface area contributed by atoms with E-state index >= 15 is 0 Å². The van der Waals surface area contributed by atoms with E-state index < -0.39 is 0 Å². The summed E-state index contributed by atoms with van der Waals surface area (Å²) in [4.78, 5) is 24.0. The van der Waals surface area contributed by atoms with Crippen LogP contribution in [0.1, 0.15) is 38.7 Å². The van der Waals surface area contributed by atoms with E-state index in [1.165, 1.54) is 0 Å². The second-order valence-electron chi connectivity index (χ2n) is 7.41. The lowest BCUT2D eigenvalue weighted by atomic mass is 10.1. The molecule has 0 bridgehead atoms. The normalized spacial score (nSPS) is 13.8. The van der Waals surface area contributed by atoms with Crippen LogP contribution in [0.25, 0.3) is 0 Å². The Labute approximate surface area is 178 Å². The number of ether oxygens (including phenoxy) is 1. The van der Waals surface area contributed by atoms with Crippen molar-refractivity contribution in [2.75, 3.05) is 13.2 Å². The second kappa shape index (κ2) is 7.99. The number of fused-ring (bicyclic) bond motifs is 1. The number of benzene rings is 1. The summed E-state index contributed by atoms with van der Waals surface area (Å²) in [6.45, 7) is 8.05. The Kier molecular flexibility index (Phi) is 5.41. The minimum absolute atomic E-state index is 0.0386. The molecule has 6 nitrogen and oxygen atoms in total. The van der Waals surface area contributed by atoms with Crippen LogP contribution in [0.4, 0.5) is 0 Å². The van der Waals surface area contributed by atoms with Gasteiger partial charge in [0.05, 0.1) is 28.8 Å². The molecule has 150 valence electrons. The molecule has 7 heteroatoms. The fourth-order valence-corrected chi connectivity index (χ4v) is 4.32. The van der Waals surface area contributed by atoms with E-state index in [1.807, 2.05) is 60.7 Å². The van der Waals surface area contributed by atoms with Gasteiger partial charge in [-0.3, -0.25) is 9.78 Å². The Hall–Kier alpha value is -2.67. The molecule has 1 aromatic carbocycles. The molecule has 1 aliphatic rings. The first kappa shape index (κ1) is 19.6. The zero-order valence-electron chi connectivity index (χ0n) is 16.8. The van der Waals surface area contributed by atoms with Gasteiger partial charge in [-0.25, -0.2) is 4.98 Å². The van der Waals surface area contributed by atoms with Crippen LogP contribution in [-0.2, 0) is 13.1 Å². The van der Waals surface area contributed by atoms with Gasteiger partial charge in [0, 0.05) is 24.6 Å². The number of nitrogens with zero attached hydrogens (tertiary/aromatic N) is 4. The van der Waals surface area contributed by atoms with Crippen molar-refractivity contribution in [3.05, 3.63) is 75.0 Å². The third-order valence-corrected chi connectivity index (χ3v) is 5.60. The Morgan fingerprint density at radius 1 is 1.14 bits per heavy atom. The molecule has 0 atom stereocenters. The smallest absolute Gasteiger partial charge is 0.258 e. The highest BCUT2D eigenvalue weighted by Crippen LogP contribution is 2.34. The minimum Gasteiger partial charge on any atom is -0.490 e. The largest absolute Gasteiger partial charge is 0.490 e. The molecular weight excluding hydrogens is 432 g/mol. The Balaban J connectivity index is 1.65. The van der Waals surface area contributed by atoms with Crippen molar-refractivity contribution in [2.24, 2.45) is 0 Å². The molecule has 0 fully saturated rings. The molecule has 1 aliphatic heterocycles. The highest BCUT2D eigenvalue weighted by molar-refractivity contribution is 9.10. The first-order valence-corrected chi connectivity index (χ1v) is 10.4. The number of aryl methyl sites for hydroxylation is 3. The SMILES string of the molecule is Cc1cc(C)nc(CN2CCOc3c(Br)cc(Cn4ccnc4C)cc3C2=O)c1. The average Bonchev–Trinajstić information content (AvgIpc) is 2.98. The number of carbonyl (C=O) groups excluding carboxylic acids is 1. The van der Waals surface area contributed by atoms with Crippen molar-refractivity contribution < 1.29 is 9.53 Å². The zero-order chi connectivity index (χ0) is 20.5. The molecular formula is C22H23BrN4O2. The van der Waals surface area contributed by atoms with Gasteiger partial charge in [0.2, 0.25) is 0 Å². The zero-order valence-corrected chi connectivity index (χ0v) is 18.4. The first-order chi connectivity index (χ1) is 13.9. The lowest BCUT2D eigenvalue weighted by Crippen LogP contribution is -2.32. The van der Waals surface area contributed by atoms with Crippen molar-refractivity contribution in [2.45, 2.75) is 33.9 Å². The van der Waals surface area contributed by atoms with Crippen LogP contribution in [-0.4, -0.2) is 38.5 Å². The molecule has 0 aliphatic carbocycles. The standard InChI is InChI=1S/C22H23BrN4O2/c1-14-8-15(2)25-18(9-14)13-27-6-7-29-21-19(22(27)28)10-17(11-20(21)23)12-26-5-4-24-16(26)3/h4-5,8-11H,6-7,12-13H2,1-3H3. The monoisotopic (exact) mass is 454 g/mol. The molecule has 0 saturated heterocycles. The van der Waals surface area contributed by atoms with Gasteiger partial charge >= 0.3 is 0 Å². The van der Waals surface area contributed by atoms with Crippen molar-refractivity contribution >= 4 is 21.8 Å². The van der Waals surface area contributed by atoms with Crippen molar-refractivity contribution in [3.8, 4) is 5.75 Å². The molecule has 0 radical (unpaired) electrons. The van der Waals surface area contributed by atoms with E-state index in [0.717, 1.165) is 32.8 Å². The molecule has 29 heavy (non-hydrogen) atoms. The van der Waals surface area contributed by atoms with Crippen LogP contribution in [0.5, 0.6) is 5.75 Å². The van der Waals surface area contributed by atoms with E-state index in [1.54, 1.807) is 6.20 Å². The number of halogens is 1. The van der Waals surface area contributed by atoms with E-state index in [4.69, 9.17) is 4.74 Å². The number of amides is 1. The lowest BCUT2D eigenvalue weighted by molar-refractivity contribution is 0.0740. The van der Waals surface area contributed by atoms with E-state index in [9.17, 15) is 4.79 Å². The summed E-state index contributed by atoms with van der Waals surface area (Å²) in [5.74, 6) is 1.50. The summed E-state index contributed by atoms with van der Waals surface area (Å²) in [5.41, 5.74) is 4.59. The Morgan fingerprint density at radius 3 is 2.69 bits per heavy atom. The highest BCUT2D eigenvalue weighted by Gasteiger charge is 2.26. The summed E-state index contributed by atoms with van der Waals surface area (Å²) in [5, 5.41) is 0. The summed E-state index contributed by atoms with van der Waals surface area (Å²) in [6.07, 6.45) is 3.71. The van der Waals surface area contributed by atoms with Crippen molar-refractivity contribution in [3.63, 3.8) is 0 Å². The van der Waals surface area contributed by atoms with Gasteiger partial charge in [0.15, 0.2) is 0 Å². The number of carbonyl (C=O) groups is 1. The van der Waals surface area contributed by atoms with Gasteiger partial charge in [-0.2, -0.15) is 0 Å². The van der Waals surface area contributed by atoms with E-state index in [-0.39, 0.29) is 5.91 Å². The van der Waals surface area contributed by atoms with Crippen LogP contribution in [0.2, 0.25) is 0 Å². The molecule has 3 aromatic rings. The number of imidazole rings is 1. The van der Waals surface area contributed by atoms with E-state index in [0.29, 0.717) is 37.6 Å². The lowest BCUT2D eigenvalue weighted by Gasteiger charge is -2.20. The minimum atomic E-state index is -0.0386. The molecule has 3 heterocycles. The van der Waals surface area contributed by atoms with Crippen LogP contribution < -0.4 is 4.74 Å². The Bertz CT molecular complexity index is 1060. The molecule has 1 amide bonds. The maximum absolute atomic E-state index is 13.4. The van der Waals surface area contributed by atoms with Gasteiger partial charge in [-0.1, -0.05) is 0 Å². The molecule has 0 saturated carbocycles. The number of pyridine rings is 1. The second-order valence-corrected chi connectivity index (χ2v) is 8.26. The number of aromatic nitrogens is 3. The van der Waals surface area contributed by atoms with E-state index in [2.05, 4.69) is 25.9 Å². The van der Waals surface area contributed by atoms with Crippen LogP contribution in [0.3, 0.4) is 0 Å². The third kappa shape index (κ3) is 4.19. The van der Waals surface area contributed by atoms with Crippen LogP contribution in [0.15, 0.2) is 41.1 Å². The van der Waals surface area contributed by atoms with Crippen LogP contribution in [0, 0.1) is 20.8 Å². The molecule has 2 aromatic heterocycles. The summed E-state index contributed by atoms with van der Waals surface area (Å²) in [7, 11) is 0. The van der Waals surface area contributed by atoms with Gasteiger partial charge in [0.1, 0.15) is 18.2 Å². The summed E-state index contributed by atoms with van der Waals surface area (Å²) < 4.78 is 8.77. The predicted molar refractivity (Wildman–Crippen MR) is 114 cm³/mol. The first-order valence-electron chi connectivity index (χ1n) is 9.57. The van der Waals surface area contributed by atoms with Crippen LogP contribution >= 0.6 is 15.9 Å². The van der Waals surface area contributed by atoms with Gasteiger partial charge < -0.3 is 14.2 Å². The van der Waals surface area contributed by atoms with Crippen molar-refractivity contribution in [1.82, 2.24) is 19.4 Å². The maximum atomic E-state index is 13.4. The molecule has 4 rings (SSSR count). The number of hydrogen-bond acceptors (Lipinski definition) is 4. The highest BCUT2D eigenvalue weighted by atomic mass is 79.9. The molecule has 0 unspecified atom stereocenters. The Morgan fingerprint density at radius 2 is 1.97 bits per heavy atom. The molecule has 0 spiro atoms. The maximum Gasteiger partial charge on any atom is 0.258 e. The van der Waals surface area contributed by atoms with Crippen molar-refractivity contribution in [1.29, 1.82) is 0 Å². The fourth-order valence-electron chi connectivity index (χ4n) is 3.70. The average molecular weight is 455 g/mol. The van der Waals surface area contributed by atoms with Gasteiger partial charge in [-0.15, -0.1) is 0 Å². The third-order valence-electron chi connectivity index (χ3n) is 5.01.